The van der Waals surface area contributed by atoms with Crippen LogP contribution >= 0.6 is 0 Å². The highest BCUT2D eigenvalue weighted by Gasteiger charge is 2.19. The number of piperidine rings is 1. The van der Waals surface area contributed by atoms with Crippen LogP contribution < -0.4 is 0 Å². The normalized spacial score (nSPS) is 17.9. The van der Waals surface area contributed by atoms with Gasteiger partial charge in [0.2, 0.25) is 0 Å². The van der Waals surface area contributed by atoms with Crippen LogP contribution in [0, 0.1) is 5.92 Å². The number of ether oxygens (including phenoxy) is 1. The molecule has 114 valence electrons. The Kier molecular flexibility index (Phi) is 6.42. The van der Waals surface area contributed by atoms with Crippen LogP contribution in [0.4, 0.5) is 0 Å². The molecule has 0 atom stereocenters. The second-order valence-corrected chi connectivity index (χ2v) is 5.74. The van der Waals surface area contributed by atoms with Gasteiger partial charge in [-0.1, -0.05) is 0 Å². The van der Waals surface area contributed by atoms with E-state index in [2.05, 4.69) is 27.0 Å². The van der Waals surface area contributed by atoms with E-state index in [1.54, 1.807) is 19.8 Å². The third-order valence-electron chi connectivity index (χ3n) is 4.10. The van der Waals surface area contributed by atoms with Crippen molar-refractivity contribution in [3.63, 3.8) is 0 Å². The van der Waals surface area contributed by atoms with Crippen LogP contribution in [0.1, 0.15) is 12.8 Å². The molecular weight excluding hydrogens is 254 g/mol. The second kappa shape index (κ2) is 8.34. The first-order valence-corrected chi connectivity index (χ1v) is 7.50. The van der Waals surface area contributed by atoms with E-state index in [9.17, 15) is 0 Å². The zero-order valence-corrected chi connectivity index (χ0v) is 12.7. The third-order valence-corrected chi connectivity index (χ3v) is 4.10. The van der Waals surface area contributed by atoms with Crippen molar-refractivity contribution in [2.45, 2.75) is 19.4 Å². The Hall–Kier alpha value is -0.980. The molecule has 0 amide bonds. The SMILES string of the molecule is COCCN1CCC(CN(C)CCn2cnnc2)CC1. The van der Waals surface area contributed by atoms with Crippen LogP contribution in [0.2, 0.25) is 0 Å². The molecule has 1 saturated heterocycles. The largest absolute Gasteiger partial charge is 0.383 e. The number of likely N-dealkylation sites (tertiary alicyclic amines) is 1. The molecule has 1 aromatic heterocycles. The van der Waals surface area contributed by atoms with Gasteiger partial charge in [0.1, 0.15) is 12.7 Å². The Morgan fingerprint density at radius 3 is 2.55 bits per heavy atom. The predicted molar refractivity (Wildman–Crippen MR) is 78.6 cm³/mol. The van der Waals surface area contributed by atoms with Crippen molar-refractivity contribution in [2.75, 3.05) is 53.5 Å². The van der Waals surface area contributed by atoms with Gasteiger partial charge < -0.3 is 19.1 Å². The monoisotopic (exact) mass is 281 g/mol. The van der Waals surface area contributed by atoms with Gasteiger partial charge in [-0.15, -0.1) is 10.2 Å². The van der Waals surface area contributed by atoms with Gasteiger partial charge in [0.05, 0.1) is 6.61 Å². The van der Waals surface area contributed by atoms with Crippen LogP contribution in [0.25, 0.3) is 0 Å². The van der Waals surface area contributed by atoms with Gasteiger partial charge in [0, 0.05) is 33.3 Å². The standard InChI is InChI=1S/C14H27N5O/c1-17(7-8-19-12-15-16-13-19)11-14-3-5-18(6-4-14)9-10-20-2/h12-14H,3-11H2,1-2H3. The number of rotatable bonds is 8. The van der Waals surface area contributed by atoms with Crippen molar-refractivity contribution in [1.29, 1.82) is 0 Å². The molecule has 0 saturated carbocycles. The molecule has 0 aromatic carbocycles. The number of hydrogen-bond acceptors (Lipinski definition) is 5. The van der Waals surface area contributed by atoms with Gasteiger partial charge >= 0.3 is 0 Å². The number of hydrogen-bond donors (Lipinski definition) is 0. The molecule has 0 spiro atoms. The van der Waals surface area contributed by atoms with Gasteiger partial charge in [-0.2, -0.15) is 0 Å². The van der Waals surface area contributed by atoms with E-state index in [4.69, 9.17) is 4.74 Å². The molecule has 1 aliphatic heterocycles. The van der Waals surface area contributed by atoms with Crippen molar-refractivity contribution in [1.82, 2.24) is 24.6 Å². The summed E-state index contributed by atoms with van der Waals surface area (Å²) in [6, 6.07) is 0. The molecule has 1 aliphatic rings. The maximum atomic E-state index is 5.14. The van der Waals surface area contributed by atoms with E-state index >= 15 is 0 Å². The molecule has 0 bridgehead atoms. The van der Waals surface area contributed by atoms with E-state index in [0.29, 0.717) is 0 Å². The van der Waals surface area contributed by atoms with Gasteiger partial charge in [-0.25, -0.2) is 0 Å². The highest BCUT2D eigenvalue weighted by Crippen LogP contribution is 2.17. The lowest BCUT2D eigenvalue weighted by atomic mass is 9.96. The fraction of sp³-hybridized carbons (Fsp3) is 0.857. The van der Waals surface area contributed by atoms with Crippen molar-refractivity contribution >= 4 is 0 Å². The molecule has 6 nitrogen and oxygen atoms in total. The lowest BCUT2D eigenvalue weighted by Gasteiger charge is -2.33. The predicted octanol–water partition coefficient (Wildman–Crippen LogP) is 0.568. The molecule has 0 radical (unpaired) electrons. The summed E-state index contributed by atoms with van der Waals surface area (Å²) in [5.74, 6) is 0.833. The van der Waals surface area contributed by atoms with Crippen LogP contribution in [-0.4, -0.2) is 78.1 Å². The molecule has 6 heteroatoms. The van der Waals surface area contributed by atoms with E-state index in [0.717, 1.165) is 32.2 Å². The summed E-state index contributed by atoms with van der Waals surface area (Å²) in [6.45, 7) is 7.58. The van der Waals surface area contributed by atoms with Gasteiger partial charge in [0.25, 0.3) is 0 Å². The van der Waals surface area contributed by atoms with Crippen molar-refractivity contribution in [3.8, 4) is 0 Å². The second-order valence-electron chi connectivity index (χ2n) is 5.74. The molecule has 2 heterocycles. The quantitative estimate of drug-likeness (QED) is 0.697. The Morgan fingerprint density at radius 1 is 1.20 bits per heavy atom. The summed E-state index contributed by atoms with van der Waals surface area (Å²) in [5, 5.41) is 7.65. The Bertz CT molecular complexity index is 348. The highest BCUT2D eigenvalue weighted by molar-refractivity contribution is 4.74. The summed E-state index contributed by atoms with van der Waals surface area (Å²) in [4.78, 5) is 4.94. The lowest BCUT2D eigenvalue weighted by Crippen LogP contribution is -2.39. The Morgan fingerprint density at radius 2 is 1.90 bits per heavy atom. The summed E-state index contributed by atoms with van der Waals surface area (Å²) >= 11 is 0. The minimum atomic E-state index is 0.833. The Labute approximate surface area is 121 Å². The van der Waals surface area contributed by atoms with Gasteiger partial charge in [-0.05, 0) is 38.9 Å². The molecule has 20 heavy (non-hydrogen) atoms. The van der Waals surface area contributed by atoms with Crippen LogP contribution in [0.3, 0.4) is 0 Å². The molecule has 1 aromatic rings. The summed E-state index contributed by atoms with van der Waals surface area (Å²) < 4.78 is 7.17. The average molecular weight is 281 g/mol. The smallest absolute Gasteiger partial charge is 0.119 e. The van der Waals surface area contributed by atoms with Crippen molar-refractivity contribution < 1.29 is 4.74 Å². The first-order chi connectivity index (χ1) is 9.78. The fourth-order valence-electron chi connectivity index (χ4n) is 2.77. The number of methoxy groups -OCH3 is 1. The minimum Gasteiger partial charge on any atom is -0.383 e. The number of aromatic nitrogens is 3. The number of likely N-dealkylation sites (N-methyl/N-ethyl adjacent to an activating group) is 1. The van der Waals surface area contributed by atoms with Crippen molar-refractivity contribution in [2.24, 2.45) is 5.92 Å². The van der Waals surface area contributed by atoms with E-state index < -0.39 is 0 Å². The molecule has 2 rings (SSSR count). The van der Waals surface area contributed by atoms with Crippen molar-refractivity contribution in [3.05, 3.63) is 12.7 Å². The van der Waals surface area contributed by atoms with E-state index in [1.807, 2.05) is 4.57 Å². The first kappa shape index (κ1) is 15.4. The fourth-order valence-corrected chi connectivity index (χ4v) is 2.77. The molecule has 0 aliphatic carbocycles. The number of nitrogens with zero attached hydrogens (tertiary/aromatic N) is 5. The Balaban J connectivity index is 1.59. The summed E-state index contributed by atoms with van der Waals surface area (Å²) in [6.07, 6.45) is 6.17. The summed E-state index contributed by atoms with van der Waals surface area (Å²) in [5.41, 5.74) is 0. The molecular formula is C14H27N5O. The topological polar surface area (TPSA) is 46.4 Å². The van der Waals surface area contributed by atoms with Crippen LogP contribution in [-0.2, 0) is 11.3 Å². The van der Waals surface area contributed by atoms with Crippen LogP contribution in [0.5, 0.6) is 0 Å². The van der Waals surface area contributed by atoms with E-state index in [-0.39, 0.29) is 0 Å². The summed E-state index contributed by atoms with van der Waals surface area (Å²) in [7, 11) is 3.99. The average Bonchev–Trinajstić information content (AvgIpc) is 2.98. The molecule has 1 fully saturated rings. The minimum absolute atomic E-state index is 0.833. The van der Waals surface area contributed by atoms with Crippen LogP contribution in [0.15, 0.2) is 12.7 Å². The first-order valence-electron chi connectivity index (χ1n) is 7.50. The van der Waals surface area contributed by atoms with Gasteiger partial charge in [0.15, 0.2) is 0 Å². The lowest BCUT2D eigenvalue weighted by molar-refractivity contribution is 0.110. The maximum Gasteiger partial charge on any atom is 0.119 e. The molecule has 0 N–H and O–H groups in total. The zero-order chi connectivity index (χ0) is 14.2. The maximum absolute atomic E-state index is 5.14. The molecule has 0 unspecified atom stereocenters. The van der Waals surface area contributed by atoms with Gasteiger partial charge in [-0.3, -0.25) is 0 Å². The third kappa shape index (κ3) is 5.19. The van der Waals surface area contributed by atoms with E-state index in [1.165, 1.54) is 32.5 Å². The highest BCUT2D eigenvalue weighted by atomic mass is 16.5. The zero-order valence-electron chi connectivity index (χ0n) is 12.7.